The Balaban J connectivity index is 1.78. The number of fused-ring (bicyclic) bond motifs is 19. The lowest BCUT2D eigenvalue weighted by Gasteiger charge is -2.46. The van der Waals surface area contributed by atoms with Gasteiger partial charge >= 0.3 is 11.9 Å². The van der Waals surface area contributed by atoms with Gasteiger partial charge in [-0.25, -0.2) is 0 Å². The minimum atomic E-state index is -1.76. The van der Waals surface area contributed by atoms with Crippen molar-refractivity contribution in [3.63, 3.8) is 0 Å². The summed E-state index contributed by atoms with van der Waals surface area (Å²) in [6.45, 7) is 2.02. The summed E-state index contributed by atoms with van der Waals surface area (Å²) >= 11 is 0. The van der Waals surface area contributed by atoms with Crippen molar-refractivity contribution in [3.05, 3.63) is 12.2 Å². The average Bonchev–Trinajstić information content (AvgIpc) is 3.00. The second-order valence-corrected chi connectivity index (χ2v) is 12.3. The van der Waals surface area contributed by atoms with Gasteiger partial charge in [-0.1, -0.05) is 50.7 Å². The topological polar surface area (TPSA) is 191 Å². The largest absolute Gasteiger partial charge is 0.463 e. The van der Waals surface area contributed by atoms with Gasteiger partial charge in [0.2, 0.25) is 0 Å². The fraction of sp³-hybridized carbons (Fsp3) is 0.875. The molecule has 0 radical (unpaired) electrons. The van der Waals surface area contributed by atoms with Crippen LogP contribution in [0, 0.1) is 0 Å². The number of hydrogen-bond donors (Lipinski definition) is 5. The molecule has 0 amide bonds. The molecule has 0 aromatic carbocycles. The second-order valence-electron chi connectivity index (χ2n) is 12.3. The van der Waals surface area contributed by atoms with Gasteiger partial charge in [0.05, 0.1) is 12.7 Å². The Kier molecular flexibility index (Phi) is 16.7. The van der Waals surface area contributed by atoms with Crippen molar-refractivity contribution in [2.75, 3.05) is 13.2 Å². The van der Waals surface area contributed by atoms with Crippen LogP contribution in [0.5, 0.6) is 0 Å². The van der Waals surface area contributed by atoms with E-state index in [0.717, 1.165) is 64.2 Å². The number of carbonyl (C=O) groups is 2. The standard InChI is InChI=1S/C32H54O13/c1-20-16-14-12-10-8-6-4-3-5-7-9-11-13-15-17-24(35)44-29-23(19-40-21(2)34)43-31(28(39)27(29)38)45-30-26(37)25(36)22(18-33)42-32(30)41-20/h3-4,20,22-23,25-33,36-39H,5-19H2,1-2H3/b4-3-/t20?,22-,23-,25-,26+,27-,28-,29-,30-,31+,32+/m1/s1. The maximum atomic E-state index is 12.7. The van der Waals surface area contributed by atoms with Crippen LogP contribution in [0.3, 0.4) is 0 Å². The summed E-state index contributed by atoms with van der Waals surface area (Å²) in [6.07, 6.45) is 0.954. The summed E-state index contributed by atoms with van der Waals surface area (Å²) in [5, 5.41) is 53.3. The Labute approximate surface area is 265 Å². The lowest BCUT2D eigenvalue weighted by Crippen LogP contribution is -2.65. The Hall–Kier alpha value is -1.68. The highest BCUT2D eigenvalue weighted by Gasteiger charge is 2.52. The highest BCUT2D eigenvalue weighted by molar-refractivity contribution is 5.69. The van der Waals surface area contributed by atoms with Crippen molar-refractivity contribution >= 4 is 11.9 Å². The van der Waals surface area contributed by atoms with Crippen LogP contribution < -0.4 is 0 Å². The first-order valence-corrected chi connectivity index (χ1v) is 16.5. The lowest BCUT2D eigenvalue weighted by atomic mass is 9.97. The normalized spacial score (nSPS) is 39.7. The van der Waals surface area contributed by atoms with Crippen molar-refractivity contribution < 1.29 is 63.5 Å². The van der Waals surface area contributed by atoms with Crippen LogP contribution in [-0.4, -0.2) is 118 Å². The molecule has 0 aromatic rings. The molecule has 0 aliphatic carbocycles. The van der Waals surface area contributed by atoms with Gasteiger partial charge in [0.1, 0.15) is 49.3 Å². The molecule has 13 nitrogen and oxygen atoms in total. The van der Waals surface area contributed by atoms with Gasteiger partial charge in [-0.05, 0) is 45.4 Å². The molecular weight excluding hydrogens is 592 g/mol. The van der Waals surface area contributed by atoms with E-state index in [1.54, 1.807) is 0 Å². The maximum absolute atomic E-state index is 12.7. The molecule has 1 unspecified atom stereocenters. The Morgan fingerprint density at radius 1 is 0.756 bits per heavy atom. The number of aliphatic hydroxyl groups is 5. The summed E-state index contributed by atoms with van der Waals surface area (Å²) in [5.74, 6) is -1.23. The quantitative estimate of drug-likeness (QED) is 0.221. The first-order valence-electron chi connectivity index (χ1n) is 16.5. The van der Waals surface area contributed by atoms with E-state index in [9.17, 15) is 35.1 Å². The van der Waals surface area contributed by atoms with Crippen molar-refractivity contribution in [2.24, 2.45) is 0 Å². The first-order chi connectivity index (χ1) is 21.6. The fourth-order valence-electron chi connectivity index (χ4n) is 5.82. The van der Waals surface area contributed by atoms with E-state index in [0.29, 0.717) is 12.8 Å². The van der Waals surface area contributed by atoms with E-state index in [2.05, 4.69) is 12.2 Å². The molecule has 4 aliphatic heterocycles. The van der Waals surface area contributed by atoms with Crippen molar-refractivity contribution in [2.45, 2.75) is 165 Å². The number of ether oxygens (including phenoxy) is 6. The molecule has 5 N–H and O–H groups in total. The number of rotatable bonds is 3. The summed E-state index contributed by atoms with van der Waals surface area (Å²) in [6, 6.07) is 0. The van der Waals surface area contributed by atoms with Gasteiger partial charge in [-0.2, -0.15) is 0 Å². The van der Waals surface area contributed by atoms with Gasteiger partial charge in [0, 0.05) is 13.3 Å². The third-order valence-electron chi connectivity index (χ3n) is 8.49. The predicted molar refractivity (Wildman–Crippen MR) is 160 cm³/mol. The second kappa shape index (κ2) is 19.9. The van der Waals surface area contributed by atoms with E-state index in [1.165, 1.54) is 6.92 Å². The van der Waals surface area contributed by atoms with Crippen LogP contribution in [0.25, 0.3) is 0 Å². The Bertz CT molecular complexity index is 900. The van der Waals surface area contributed by atoms with Crippen molar-refractivity contribution in [1.82, 2.24) is 0 Å². The van der Waals surface area contributed by atoms with Crippen LogP contribution in [-0.2, 0) is 38.0 Å². The van der Waals surface area contributed by atoms with E-state index < -0.39 is 86.6 Å². The lowest BCUT2D eigenvalue weighted by molar-refractivity contribution is -0.371. The highest BCUT2D eigenvalue weighted by atomic mass is 16.8. The Morgan fingerprint density at radius 3 is 2.02 bits per heavy atom. The van der Waals surface area contributed by atoms with Crippen LogP contribution in [0.15, 0.2) is 12.2 Å². The molecule has 11 atom stereocenters. The molecule has 4 aliphatic rings. The molecule has 0 saturated carbocycles. The third-order valence-corrected chi connectivity index (χ3v) is 8.49. The highest BCUT2D eigenvalue weighted by Crippen LogP contribution is 2.32. The molecule has 0 spiro atoms. The third kappa shape index (κ3) is 12.1. The zero-order chi connectivity index (χ0) is 32.8. The smallest absolute Gasteiger partial charge is 0.306 e. The number of carbonyl (C=O) groups excluding carboxylic acids is 2. The predicted octanol–water partition coefficient (Wildman–Crippen LogP) is 1.78. The molecule has 4 rings (SSSR count). The van der Waals surface area contributed by atoms with E-state index in [4.69, 9.17) is 28.4 Å². The summed E-state index contributed by atoms with van der Waals surface area (Å²) in [5.41, 5.74) is 0. The minimum absolute atomic E-state index is 0.103. The summed E-state index contributed by atoms with van der Waals surface area (Å²) < 4.78 is 34.2. The van der Waals surface area contributed by atoms with Crippen molar-refractivity contribution in [1.29, 1.82) is 0 Å². The fourth-order valence-corrected chi connectivity index (χ4v) is 5.82. The van der Waals surface area contributed by atoms with Gasteiger partial charge in [-0.3, -0.25) is 9.59 Å². The molecule has 45 heavy (non-hydrogen) atoms. The first kappa shape index (κ1) is 37.8. The van der Waals surface area contributed by atoms with Crippen molar-refractivity contribution in [3.8, 4) is 0 Å². The van der Waals surface area contributed by atoms with Gasteiger partial charge in [-0.15, -0.1) is 0 Å². The molecule has 2 fully saturated rings. The molecule has 4 heterocycles. The van der Waals surface area contributed by atoms with E-state index in [-0.39, 0.29) is 12.5 Å². The number of allylic oxidation sites excluding steroid dienone is 2. The molecular formula is C32H54O13. The molecule has 0 aromatic heterocycles. The van der Waals surface area contributed by atoms with Crippen LogP contribution in [0.4, 0.5) is 0 Å². The summed E-state index contributed by atoms with van der Waals surface area (Å²) in [4.78, 5) is 24.3. The monoisotopic (exact) mass is 646 g/mol. The number of hydrogen-bond acceptors (Lipinski definition) is 13. The molecule has 13 heteroatoms. The Morgan fingerprint density at radius 2 is 1.36 bits per heavy atom. The number of aliphatic hydroxyl groups excluding tert-OH is 5. The zero-order valence-electron chi connectivity index (χ0n) is 26.6. The van der Waals surface area contributed by atoms with Crippen LogP contribution >= 0.6 is 0 Å². The minimum Gasteiger partial charge on any atom is -0.463 e. The number of esters is 2. The van der Waals surface area contributed by atoms with Gasteiger partial charge in [0.25, 0.3) is 0 Å². The van der Waals surface area contributed by atoms with Gasteiger partial charge < -0.3 is 54.0 Å². The van der Waals surface area contributed by atoms with Gasteiger partial charge in [0.15, 0.2) is 18.7 Å². The van der Waals surface area contributed by atoms with E-state index >= 15 is 0 Å². The average molecular weight is 647 g/mol. The molecule has 260 valence electrons. The SMILES string of the molecule is CC(=O)OC[C@H]1O[C@H]2O[C@H]3[C@@H](OC(C)CCCCCC/C=C\CCCCCCCC(=O)O[C@H]1[C@H](O)[C@H]2O)O[C@H](CO)[C@@H](O)[C@@H]3O. The zero-order valence-corrected chi connectivity index (χ0v) is 26.6. The maximum Gasteiger partial charge on any atom is 0.306 e. The summed E-state index contributed by atoms with van der Waals surface area (Å²) in [7, 11) is 0. The molecule has 2 saturated heterocycles. The van der Waals surface area contributed by atoms with E-state index in [1.807, 2.05) is 6.92 Å². The van der Waals surface area contributed by atoms with Crippen LogP contribution in [0.1, 0.15) is 97.3 Å². The molecule has 2 bridgehead atoms. The van der Waals surface area contributed by atoms with Crippen LogP contribution in [0.2, 0.25) is 0 Å².